The lowest BCUT2D eigenvalue weighted by atomic mass is 10.1. The van der Waals surface area contributed by atoms with Crippen molar-refractivity contribution >= 4 is 5.91 Å². The number of rotatable bonds is 7. The molecule has 20 heavy (non-hydrogen) atoms. The Morgan fingerprint density at radius 2 is 2.20 bits per heavy atom. The van der Waals surface area contributed by atoms with Crippen LogP contribution in [-0.2, 0) is 11.2 Å². The zero-order valence-corrected chi connectivity index (χ0v) is 12.3. The van der Waals surface area contributed by atoms with Gasteiger partial charge < -0.3 is 9.64 Å². The van der Waals surface area contributed by atoms with E-state index >= 15 is 0 Å². The molecule has 1 aromatic carbocycles. The summed E-state index contributed by atoms with van der Waals surface area (Å²) in [6.45, 7) is 2.68. The smallest absolute Gasteiger partial charge is 0.236 e. The van der Waals surface area contributed by atoms with E-state index in [0.717, 1.165) is 17.7 Å². The molecule has 0 radical (unpaired) electrons. The SMILES string of the molecule is C#CCNCC(=O)N(C)C(C)Cc1ccccc1OC. The van der Waals surface area contributed by atoms with Gasteiger partial charge in [-0.3, -0.25) is 10.1 Å². The second-order valence-corrected chi connectivity index (χ2v) is 4.68. The topological polar surface area (TPSA) is 41.6 Å². The summed E-state index contributed by atoms with van der Waals surface area (Å²) >= 11 is 0. The van der Waals surface area contributed by atoms with Crippen molar-refractivity contribution in [3.05, 3.63) is 29.8 Å². The van der Waals surface area contributed by atoms with Crippen LogP contribution in [-0.4, -0.2) is 44.1 Å². The van der Waals surface area contributed by atoms with E-state index in [9.17, 15) is 4.79 Å². The van der Waals surface area contributed by atoms with Crippen LogP contribution in [0, 0.1) is 12.3 Å². The van der Waals surface area contributed by atoms with Crippen molar-refractivity contribution < 1.29 is 9.53 Å². The van der Waals surface area contributed by atoms with Gasteiger partial charge in [-0.05, 0) is 25.0 Å². The van der Waals surface area contributed by atoms with Crippen molar-refractivity contribution in [3.63, 3.8) is 0 Å². The number of benzene rings is 1. The monoisotopic (exact) mass is 274 g/mol. The largest absolute Gasteiger partial charge is 0.496 e. The maximum Gasteiger partial charge on any atom is 0.236 e. The van der Waals surface area contributed by atoms with Crippen molar-refractivity contribution in [2.75, 3.05) is 27.2 Å². The molecule has 108 valence electrons. The molecule has 0 fully saturated rings. The molecule has 1 aromatic rings. The number of nitrogens with one attached hydrogen (secondary N) is 1. The highest BCUT2D eigenvalue weighted by Gasteiger charge is 2.17. The third-order valence-electron chi connectivity index (χ3n) is 3.27. The van der Waals surface area contributed by atoms with Crippen molar-refractivity contribution in [3.8, 4) is 18.1 Å². The molecule has 0 aliphatic rings. The Labute approximate surface area is 121 Å². The summed E-state index contributed by atoms with van der Waals surface area (Å²) in [5.41, 5.74) is 1.10. The molecule has 0 bridgehead atoms. The average molecular weight is 274 g/mol. The zero-order chi connectivity index (χ0) is 15.0. The Bertz CT molecular complexity index is 480. The highest BCUT2D eigenvalue weighted by molar-refractivity contribution is 5.78. The maximum absolute atomic E-state index is 12.0. The van der Waals surface area contributed by atoms with E-state index in [0.29, 0.717) is 6.54 Å². The van der Waals surface area contributed by atoms with E-state index < -0.39 is 0 Å². The van der Waals surface area contributed by atoms with Gasteiger partial charge in [-0.1, -0.05) is 24.1 Å². The molecule has 1 rings (SSSR count). The van der Waals surface area contributed by atoms with Gasteiger partial charge in [-0.2, -0.15) is 0 Å². The molecule has 1 amide bonds. The van der Waals surface area contributed by atoms with Crippen LogP contribution in [0.25, 0.3) is 0 Å². The van der Waals surface area contributed by atoms with Gasteiger partial charge in [0.05, 0.1) is 20.2 Å². The van der Waals surface area contributed by atoms with Crippen LogP contribution in [0.5, 0.6) is 5.75 Å². The van der Waals surface area contributed by atoms with Gasteiger partial charge in [0.25, 0.3) is 0 Å². The van der Waals surface area contributed by atoms with Crippen LogP contribution < -0.4 is 10.1 Å². The normalized spacial score (nSPS) is 11.5. The third-order valence-corrected chi connectivity index (χ3v) is 3.27. The first-order chi connectivity index (χ1) is 9.60. The van der Waals surface area contributed by atoms with Crippen molar-refractivity contribution in [2.24, 2.45) is 0 Å². The Balaban J connectivity index is 2.59. The summed E-state index contributed by atoms with van der Waals surface area (Å²) in [7, 11) is 3.46. The number of nitrogens with zero attached hydrogens (tertiary/aromatic N) is 1. The van der Waals surface area contributed by atoms with Gasteiger partial charge in [0, 0.05) is 13.1 Å². The second-order valence-electron chi connectivity index (χ2n) is 4.68. The number of hydrogen-bond donors (Lipinski definition) is 1. The van der Waals surface area contributed by atoms with Crippen molar-refractivity contribution in [1.82, 2.24) is 10.2 Å². The molecule has 0 saturated heterocycles. The molecule has 0 spiro atoms. The van der Waals surface area contributed by atoms with Crippen LogP contribution in [0.4, 0.5) is 0 Å². The molecule has 4 heteroatoms. The van der Waals surface area contributed by atoms with E-state index in [-0.39, 0.29) is 18.5 Å². The molecule has 0 aliphatic carbocycles. The van der Waals surface area contributed by atoms with Crippen LogP contribution >= 0.6 is 0 Å². The highest BCUT2D eigenvalue weighted by atomic mass is 16.5. The number of ether oxygens (including phenoxy) is 1. The van der Waals surface area contributed by atoms with Crippen LogP contribution in [0.1, 0.15) is 12.5 Å². The van der Waals surface area contributed by atoms with Crippen LogP contribution in [0.15, 0.2) is 24.3 Å². The molecule has 1 unspecified atom stereocenters. The number of carbonyl (C=O) groups excluding carboxylic acids is 1. The molecule has 4 nitrogen and oxygen atoms in total. The van der Waals surface area contributed by atoms with Gasteiger partial charge in [-0.25, -0.2) is 0 Å². The molecule has 1 atom stereocenters. The fraction of sp³-hybridized carbons (Fsp3) is 0.438. The quantitative estimate of drug-likeness (QED) is 0.602. The van der Waals surface area contributed by atoms with Crippen molar-refractivity contribution in [2.45, 2.75) is 19.4 Å². The third kappa shape index (κ3) is 4.60. The van der Waals surface area contributed by atoms with Crippen LogP contribution in [0.3, 0.4) is 0 Å². The first kappa shape index (κ1) is 16.1. The lowest BCUT2D eigenvalue weighted by Gasteiger charge is -2.25. The number of para-hydroxylation sites is 1. The van der Waals surface area contributed by atoms with Gasteiger partial charge in [0.2, 0.25) is 5.91 Å². The molecule has 0 aromatic heterocycles. The maximum atomic E-state index is 12.0. The number of amides is 1. The summed E-state index contributed by atoms with van der Waals surface area (Å²) in [5.74, 6) is 3.33. The Hall–Kier alpha value is -1.99. The highest BCUT2D eigenvalue weighted by Crippen LogP contribution is 2.20. The fourth-order valence-corrected chi connectivity index (χ4v) is 1.94. The predicted molar refractivity (Wildman–Crippen MR) is 80.6 cm³/mol. The van der Waals surface area contributed by atoms with E-state index in [1.165, 1.54) is 0 Å². The first-order valence-corrected chi connectivity index (χ1v) is 6.61. The van der Waals surface area contributed by atoms with E-state index in [4.69, 9.17) is 11.2 Å². The second kappa shape index (κ2) is 8.23. The molecular weight excluding hydrogens is 252 g/mol. The van der Waals surface area contributed by atoms with Gasteiger partial charge >= 0.3 is 0 Å². The minimum atomic E-state index is 0.0302. The molecule has 1 N–H and O–H groups in total. The number of methoxy groups -OCH3 is 1. The van der Waals surface area contributed by atoms with E-state index in [1.807, 2.05) is 31.2 Å². The average Bonchev–Trinajstić information content (AvgIpc) is 2.47. The lowest BCUT2D eigenvalue weighted by Crippen LogP contribution is -2.41. The Kier molecular flexibility index (Phi) is 6.61. The fourth-order valence-electron chi connectivity index (χ4n) is 1.94. The summed E-state index contributed by atoms with van der Waals surface area (Å²) in [6, 6.07) is 7.95. The summed E-state index contributed by atoms with van der Waals surface area (Å²) in [4.78, 5) is 13.7. The van der Waals surface area contributed by atoms with Gasteiger partial charge in [-0.15, -0.1) is 6.42 Å². The number of hydrogen-bond acceptors (Lipinski definition) is 3. The summed E-state index contributed by atoms with van der Waals surface area (Å²) in [5, 5.41) is 2.91. The molecular formula is C16H22N2O2. The minimum absolute atomic E-state index is 0.0302. The number of likely N-dealkylation sites (N-methyl/N-ethyl adjacent to an activating group) is 1. The Morgan fingerprint density at radius 1 is 1.50 bits per heavy atom. The number of carbonyl (C=O) groups is 1. The Morgan fingerprint density at radius 3 is 2.85 bits per heavy atom. The van der Waals surface area contributed by atoms with E-state index in [2.05, 4.69) is 11.2 Å². The molecule has 0 heterocycles. The minimum Gasteiger partial charge on any atom is -0.496 e. The lowest BCUT2D eigenvalue weighted by molar-refractivity contribution is -0.130. The van der Waals surface area contributed by atoms with Crippen LogP contribution in [0.2, 0.25) is 0 Å². The van der Waals surface area contributed by atoms with Crippen molar-refractivity contribution in [1.29, 1.82) is 0 Å². The van der Waals surface area contributed by atoms with Gasteiger partial charge in [0.1, 0.15) is 5.75 Å². The standard InChI is InChI=1S/C16H22N2O2/c1-5-10-17-12-16(19)18(3)13(2)11-14-8-6-7-9-15(14)20-4/h1,6-9,13,17H,10-12H2,2-4H3. The molecule has 0 saturated carbocycles. The summed E-state index contributed by atoms with van der Waals surface area (Å²) in [6.07, 6.45) is 5.88. The first-order valence-electron chi connectivity index (χ1n) is 6.61. The predicted octanol–water partition coefficient (Wildman–Crippen LogP) is 1.31. The zero-order valence-electron chi connectivity index (χ0n) is 12.3. The molecule has 0 aliphatic heterocycles. The van der Waals surface area contributed by atoms with E-state index in [1.54, 1.807) is 19.1 Å². The summed E-state index contributed by atoms with van der Waals surface area (Å²) < 4.78 is 5.33. The van der Waals surface area contributed by atoms with Gasteiger partial charge in [0.15, 0.2) is 0 Å². The number of terminal acetylenes is 1.